The van der Waals surface area contributed by atoms with Crippen molar-refractivity contribution in [2.75, 3.05) is 13.2 Å². The van der Waals surface area contributed by atoms with Crippen LogP contribution in [0.5, 0.6) is 0 Å². The molecule has 0 aliphatic heterocycles. The number of aryl methyl sites for hydroxylation is 2. The Labute approximate surface area is 139 Å². The summed E-state index contributed by atoms with van der Waals surface area (Å²) < 4.78 is 3.82. The zero-order chi connectivity index (χ0) is 16.4. The molecule has 0 fully saturated rings. The van der Waals surface area contributed by atoms with Gasteiger partial charge >= 0.3 is 0 Å². The second kappa shape index (κ2) is 6.70. The molecule has 0 saturated heterocycles. The number of rotatable bonds is 6. The predicted octanol–water partition coefficient (Wildman–Crippen LogP) is 1.95. The molecular formula is C16H20ClN5O. The fourth-order valence-electron chi connectivity index (χ4n) is 2.78. The van der Waals surface area contributed by atoms with Crippen molar-refractivity contribution in [2.45, 2.75) is 13.1 Å². The van der Waals surface area contributed by atoms with Crippen LogP contribution in [-0.2, 0) is 27.2 Å². The van der Waals surface area contributed by atoms with Gasteiger partial charge in [0.15, 0.2) is 0 Å². The summed E-state index contributed by atoms with van der Waals surface area (Å²) in [6.07, 6.45) is 3.69. The van der Waals surface area contributed by atoms with Gasteiger partial charge in [-0.3, -0.25) is 9.58 Å². The Morgan fingerprint density at radius 2 is 2.09 bits per heavy atom. The zero-order valence-corrected chi connectivity index (χ0v) is 14.0. The van der Waals surface area contributed by atoms with Crippen molar-refractivity contribution in [3.8, 4) is 0 Å². The van der Waals surface area contributed by atoms with E-state index in [0.717, 1.165) is 22.4 Å². The second-order valence-electron chi connectivity index (χ2n) is 5.59. The lowest BCUT2D eigenvalue weighted by Gasteiger charge is -2.20. The van der Waals surface area contributed by atoms with E-state index in [1.54, 1.807) is 6.20 Å². The number of fused-ring (bicyclic) bond motifs is 1. The highest BCUT2D eigenvalue weighted by molar-refractivity contribution is 6.35. The molecule has 122 valence electrons. The first-order valence-electron chi connectivity index (χ1n) is 7.49. The largest absolute Gasteiger partial charge is 0.395 e. The van der Waals surface area contributed by atoms with Crippen LogP contribution in [0.25, 0.3) is 10.9 Å². The molecule has 0 saturated carbocycles. The maximum Gasteiger partial charge on any atom is 0.122 e. The minimum Gasteiger partial charge on any atom is -0.395 e. The fraction of sp³-hybridized carbons (Fsp3) is 0.375. The van der Waals surface area contributed by atoms with E-state index in [0.29, 0.717) is 24.7 Å². The lowest BCUT2D eigenvalue weighted by atomic mass is 10.2. The van der Waals surface area contributed by atoms with Gasteiger partial charge in [0.05, 0.1) is 29.4 Å². The summed E-state index contributed by atoms with van der Waals surface area (Å²) >= 11 is 6.37. The van der Waals surface area contributed by atoms with E-state index in [1.165, 1.54) is 0 Å². The first-order valence-corrected chi connectivity index (χ1v) is 7.87. The molecular weight excluding hydrogens is 314 g/mol. The lowest BCUT2D eigenvalue weighted by Crippen LogP contribution is -2.27. The molecule has 0 radical (unpaired) electrons. The standard InChI is InChI=1S/C16H20ClN5O/c1-20-7-6-18-15(20)11-22(8-9-23)10-13-16-12(17)4-3-5-14(16)21(2)19-13/h3-7,23H,8-11H2,1-2H3. The summed E-state index contributed by atoms with van der Waals surface area (Å²) in [6, 6.07) is 5.81. The van der Waals surface area contributed by atoms with Crippen molar-refractivity contribution < 1.29 is 5.11 Å². The van der Waals surface area contributed by atoms with E-state index in [9.17, 15) is 5.11 Å². The predicted molar refractivity (Wildman–Crippen MR) is 90.1 cm³/mol. The Morgan fingerprint density at radius 3 is 2.78 bits per heavy atom. The van der Waals surface area contributed by atoms with Gasteiger partial charge < -0.3 is 9.67 Å². The van der Waals surface area contributed by atoms with Gasteiger partial charge in [0, 0.05) is 45.0 Å². The first kappa shape index (κ1) is 16.0. The molecule has 0 spiro atoms. The van der Waals surface area contributed by atoms with Gasteiger partial charge in [0.1, 0.15) is 5.82 Å². The summed E-state index contributed by atoms with van der Waals surface area (Å²) in [4.78, 5) is 6.47. The highest BCUT2D eigenvalue weighted by Gasteiger charge is 2.16. The molecule has 3 rings (SSSR count). The average molecular weight is 334 g/mol. The maximum atomic E-state index is 9.37. The van der Waals surface area contributed by atoms with E-state index in [-0.39, 0.29) is 6.61 Å². The summed E-state index contributed by atoms with van der Waals surface area (Å²) in [7, 11) is 3.88. The van der Waals surface area contributed by atoms with E-state index >= 15 is 0 Å². The van der Waals surface area contributed by atoms with Crippen molar-refractivity contribution in [2.24, 2.45) is 14.1 Å². The van der Waals surface area contributed by atoms with Gasteiger partial charge in [0.2, 0.25) is 0 Å². The van der Waals surface area contributed by atoms with Gasteiger partial charge in [-0.05, 0) is 12.1 Å². The smallest absolute Gasteiger partial charge is 0.122 e. The van der Waals surface area contributed by atoms with Crippen LogP contribution in [0.3, 0.4) is 0 Å². The van der Waals surface area contributed by atoms with Crippen LogP contribution in [0.1, 0.15) is 11.5 Å². The van der Waals surface area contributed by atoms with Gasteiger partial charge in [-0.1, -0.05) is 17.7 Å². The normalized spacial score (nSPS) is 11.7. The van der Waals surface area contributed by atoms with Crippen LogP contribution in [0.2, 0.25) is 5.02 Å². The van der Waals surface area contributed by atoms with E-state index < -0.39 is 0 Å². The van der Waals surface area contributed by atoms with Crippen LogP contribution in [0.4, 0.5) is 0 Å². The van der Waals surface area contributed by atoms with Gasteiger partial charge in [-0.25, -0.2) is 4.98 Å². The third-order valence-electron chi connectivity index (χ3n) is 3.98. The maximum absolute atomic E-state index is 9.37. The molecule has 1 aromatic carbocycles. The van der Waals surface area contributed by atoms with Gasteiger partial charge in [-0.2, -0.15) is 5.10 Å². The third kappa shape index (κ3) is 3.24. The number of halogens is 1. The van der Waals surface area contributed by atoms with E-state index in [1.807, 2.05) is 47.7 Å². The molecule has 0 amide bonds. The first-order chi connectivity index (χ1) is 11.1. The number of aromatic nitrogens is 4. The van der Waals surface area contributed by atoms with Crippen LogP contribution in [-0.4, -0.2) is 42.5 Å². The zero-order valence-electron chi connectivity index (χ0n) is 13.3. The number of aliphatic hydroxyl groups excluding tert-OH is 1. The molecule has 2 aromatic heterocycles. The SMILES string of the molecule is Cn1ccnc1CN(CCO)Cc1nn(C)c2cccc(Cl)c12. The minimum atomic E-state index is 0.0862. The molecule has 3 aromatic rings. The monoisotopic (exact) mass is 333 g/mol. The molecule has 6 nitrogen and oxygen atoms in total. The van der Waals surface area contributed by atoms with Crippen LogP contribution < -0.4 is 0 Å². The molecule has 7 heteroatoms. The van der Waals surface area contributed by atoms with Crippen molar-refractivity contribution >= 4 is 22.5 Å². The Balaban J connectivity index is 1.90. The molecule has 0 unspecified atom stereocenters. The summed E-state index contributed by atoms with van der Waals surface area (Å²) in [5.41, 5.74) is 1.92. The number of benzene rings is 1. The highest BCUT2D eigenvalue weighted by Crippen LogP contribution is 2.27. The fourth-order valence-corrected chi connectivity index (χ4v) is 3.06. The molecule has 0 bridgehead atoms. The molecule has 0 atom stereocenters. The number of hydrogen-bond acceptors (Lipinski definition) is 4. The molecule has 1 N–H and O–H groups in total. The van der Waals surface area contributed by atoms with E-state index in [2.05, 4.69) is 15.0 Å². The van der Waals surface area contributed by atoms with Crippen LogP contribution in [0, 0.1) is 0 Å². The Hall–Kier alpha value is -1.89. The summed E-state index contributed by atoms with van der Waals surface area (Å²) in [5.74, 6) is 0.949. The summed E-state index contributed by atoms with van der Waals surface area (Å²) in [6.45, 7) is 1.89. The van der Waals surface area contributed by atoms with Crippen LogP contribution >= 0.6 is 11.6 Å². The Kier molecular flexibility index (Phi) is 4.66. The highest BCUT2D eigenvalue weighted by atomic mass is 35.5. The van der Waals surface area contributed by atoms with Crippen molar-refractivity contribution in [3.63, 3.8) is 0 Å². The third-order valence-corrected chi connectivity index (χ3v) is 4.29. The van der Waals surface area contributed by atoms with Crippen molar-refractivity contribution in [1.82, 2.24) is 24.2 Å². The minimum absolute atomic E-state index is 0.0862. The number of nitrogens with zero attached hydrogens (tertiary/aromatic N) is 5. The second-order valence-corrected chi connectivity index (χ2v) is 6.00. The lowest BCUT2D eigenvalue weighted by molar-refractivity contribution is 0.179. The number of aliphatic hydroxyl groups is 1. The molecule has 0 aliphatic carbocycles. The van der Waals surface area contributed by atoms with E-state index in [4.69, 9.17) is 11.6 Å². The molecule has 2 heterocycles. The quantitative estimate of drug-likeness (QED) is 0.749. The average Bonchev–Trinajstić information content (AvgIpc) is 3.05. The molecule has 0 aliphatic rings. The van der Waals surface area contributed by atoms with Crippen LogP contribution in [0.15, 0.2) is 30.6 Å². The van der Waals surface area contributed by atoms with Gasteiger partial charge in [0.25, 0.3) is 0 Å². The summed E-state index contributed by atoms with van der Waals surface area (Å²) in [5, 5.41) is 15.6. The number of imidazole rings is 1. The van der Waals surface area contributed by atoms with Gasteiger partial charge in [-0.15, -0.1) is 0 Å². The number of hydrogen-bond donors (Lipinski definition) is 1. The Morgan fingerprint density at radius 1 is 1.26 bits per heavy atom. The Bertz CT molecular complexity index is 810. The topological polar surface area (TPSA) is 59.1 Å². The van der Waals surface area contributed by atoms with Crippen molar-refractivity contribution in [1.29, 1.82) is 0 Å². The van der Waals surface area contributed by atoms with Crippen molar-refractivity contribution in [3.05, 3.63) is 47.1 Å². The molecule has 23 heavy (non-hydrogen) atoms.